The number of carbonyl (C=O) groups excluding carboxylic acids is 3. The number of rotatable bonds is 7. The first-order valence-electron chi connectivity index (χ1n) is 9.13. The summed E-state index contributed by atoms with van der Waals surface area (Å²) in [5, 5.41) is 1.97. The van der Waals surface area contributed by atoms with Crippen molar-refractivity contribution in [3.63, 3.8) is 0 Å². The fourth-order valence-corrected chi connectivity index (χ4v) is 4.19. The monoisotopic (exact) mass is 508 g/mol. The van der Waals surface area contributed by atoms with Crippen molar-refractivity contribution in [3.05, 3.63) is 57.2 Å². The molecule has 162 valence electrons. The third-order valence-corrected chi connectivity index (χ3v) is 5.64. The van der Waals surface area contributed by atoms with Crippen LogP contribution in [0.2, 0.25) is 0 Å². The Kier molecular flexibility index (Phi) is 7.34. The third kappa shape index (κ3) is 5.45. The fourth-order valence-electron chi connectivity index (χ4n) is 2.77. The minimum atomic E-state index is -0.576. The zero-order valence-corrected chi connectivity index (χ0v) is 19.0. The van der Waals surface area contributed by atoms with Gasteiger partial charge >= 0.3 is 0 Å². The number of nitrogens with one attached hydrogen (secondary N) is 1. The Bertz CT molecular complexity index is 1060. The maximum atomic E-state index is 13.0. The highest BCUT2D eigenvalue weighted by atomic mass is 79.9. The van der Waals surface area contributed by atoms with E-state index in [2.05, 4.69) is 21.2 Å². The highest BCUT2D eigenvalue weighted by Crippen LogP contribution is 2.39. The minimum absolute atomic E-state index is 0.178. The first kappa shape index (κ1) is 22.8. The molecule has 3 rings (SSSR count). The molecule has 1 N–H and O–H groups in total. The van der Waals surface area contributed by atoms with E-state index in [9.17, 15) is 18.8 Å². The molecule has 1 fully saturated rings. The summed E-state index contributed by atoms with van der Waals surface area (Å²) in [5.74, 6) is -0.575. The number of methoxy groups -OCH3 is 1. The topological polar surface area (TPSA) is 84.9 Å². The van der Waals surface area contributed by atoms with E-state index < -0.39 is 29.4 Å². The maximum Gasteiger partial charge on any atom is 0.294 e. The molecule has 2 aromatic rings. The van der Waals surface area contributed by atoms with Gasteiger partial charge in [-0.3, -0.25) is 19.3 Å². The van der Waals surface area contributed by atoms with Gasteiger partial charge in [-0.25, -0.2) is 4.39 Å². The van der Waals surface area contributed by atoms with Crippen molar-refractivity contribution in [2.75, 3.05) is 25.6 Å². The lowest BCUT2D eigenvalue weighted by molar-refractivity contribution is -0.127. The Morgan fingerprint density at radius 1 is 1.26 bits per heavy atom. The van der Waals surface area contributed by atoms with Crippen LogP contribution in [-0.2, 0) is 9.59 Å². The molecule has 1 saturated heterocycles. The van der Waals surface area contributed by atoms with E-state index in [1.165, 1.54) is 31.4 Å². The van der Waals surface area contributed by atoms with Gasteiger partial charge in [0.25, 0.3) is 11.1 Å². The molecule has 0 aromatic heterocycles. The maximum absolute atomic E-state index is 13.0. The minimum Gasteiger partial charge on any atom is -0.493 e. The van der Waals surface area contributed by atoms with Crippen molar-refractivity contribution in [2.45, 2.75) is 6.92 Å². The molecule has 0 aliphatic carbocycles. The standard InChI is InChI=1S/C21H18BrFN2O5S/c1-3-30-19-15(22)8-12(9-16(19)29-2)10-17-20(27)25(21(28)31-17)11-18(26)24-14-6-4-13(23)5-7-14/h4-10H,3,11H2,1-2H3,(H,24,26)/b17-10-. The van der Waals surface area contributed by atoms with Gasteiger partial charge in [-0.2, -0.15) is 0 Å². The first-order valence-corrected chi connectivity index (χ1v) is 10.7. The highest BCUT2D eigenvalue weighted by molar-refractivity contribution is 9.10. The molecular formula is C21H18BrFN2O5S. The summed E-state index contributed by atoms with van der Waals surface area (Å²) >= 11 is 4.16. The van der Waals surface area contributed by atoms with Gasteiger partial charge in [0, 0.05) is 5.69 Å². The molecule has 10 heteroatoms. The van der Waals surface area contributed by atoms with Gasteiger partial charge in [0.1, 0.15) is 12.4 Å². The Labute approximate surface area is 190 Å². The number of carbonyl (C=O) groups is 3. The number of halogens is 2. The van der Waals surface area contributed by atoms with Crippen LogP contribution in [0.5, 0.6) is 11.5 Å². The van der Waals surface area contributed by atoms with E-state index in [1.54, 1.807) is 18.2 Å². The quantitative estimate of drug-likeness (QED) is 0.547. The van der Waals surface area contributed by atoms with Gasteiger partial charge in [0.15, 0.2) is 11.5 Å². The van der Waals surface area contributed by atoms with Crippen LogP contribution in [0, 0.1) is 5.82 Å². The van der Waals surface area contributed by atoms with Crippen molar-refractivity contribution in [1.82, 2.24) is 4.90 Å². The van der Waals surface area contributed by atoms with Gasteiger partial charge in [-0.15, -0.1) is 0 Å². The molecule has 0 saturated carbocycles. The van der Waals surface area contributed by atoms with E-state index in [1.807, 2.05) is 6.92 Å². The molecule has 1 aliphatic heterocycles. The number of imide groups is 1. The Morgan fingerprint density at radius 2 is 1.97 bits per heavy atom. The van der Waals surface area contributed by atoms with Crippen molar-refractivity contribution in [3.8, 4) is 11.5 Å². The SMILES string of the molecule is CCOc1c(Br)cc(/C=C2\SC(=O)N(CC(=O)Nc3ccc(F)cc3)C2=O)cc1OC. The van der Waals surface area contributed by atoms with Crippen LogP contribution >= 0.6 is 27.7 Å². The number of ether oxygens (including phenoxy) is 2. The lowest BCUT2D eigenvalue weighted by Gasteiger charge is -2.13. The summed E-state index contributed by atoms with van der Waals surface area (Å²) in [6.45, 7) is 1.85. The van der Waals surface area contributed by atoms with Gasteiger partial charge in [-0.05, 0) is 82.7 Å². The largest absolute Gasteiger partial charge is 0.493 e. The molecule has 0 bridgehead atoms. The van der Waals surface area contributed by atoms with E-state index >= 15 is 0 Å². The van der Waals surface area contributed by atoms with Crippen LogP contribution in [-0.4, -0.2) is 42.2 Å². The molecule has 2 aromatic carbocycles. The normalized spacial score (nSPS) is 14.8. The number of hydrogen-bond acceptors (Lipinski definition) is 6. The fraction of sp³-hybridized carbons (Fsp3) is 0.190. The Morgan fingerprint density at radius 3 is 2.61 bits per heavy atom. The summed E-state index contributed by atoms with van der Waals surface area (Å²) in [5.41, 5.74) is 0.980. The molecule has 0 unspecified atom stereocenters. The summed E-state index contributed by atoms with van der Waals surface area (Å²) in [6, 6.07) is 8.59. The van der Waals surface area contributed by atoms with Crippen LogP contribution in [0.1, 0.15) is 12.5 Å². The number of amides is 3. The van der Waals surface area contributed by atoms with Crippen LogP contribution in [0.3, 0.4) is 0 Å². The number of nitrogens with zero attached hydrogens (tertiary/aromatic N) is 1. The Balaban J connectivity index is 1.75. The average molecular weight is 509 g/mol. The van der Waals surface area contributed by atoms with Crippen LogP contribution in [0.4, 0.5) is 14.9 Å². The van der Waals surface area contributed by atoms with Crippen molar-refractivity contribution < 1.29 is 28.2 Å². The first-order chi connectivity index (χ1) is 14.8. The van der Waals surface area contributed by atoms with E-state index in [-0.39, 0.29) is 4.91 Å². The third-order valence-electron chi connectivity index (χ3n) is 4.14. The van der Waals surface area contributed by atoms with E-state index in [0.717, 1.165) is 16.7 Å². The lowest BCUT2D eigenvalue weighted by atomic mass is 10.2. The second-order valence-corrected chi connectivity index (χ2v) is 8.14. The number of benzene rings is 2. The van der Waals surface area contributed by atoms with Crippen molar-refractivity contribution in [2.24, 2.45) is 0 Å². The summed E-state index contributed by atoms with van der Waals surface area (Å²) in [6.07, 6.45) is 1.55. The highest BCUT2D eigenvalue weighted by Gasteiger charge is 2.36. The lowest BCUT2D eigenvalue weighted by Crippen LogP contribution is -2.36. The zero-order valence-electron chi connectivity index (χ0n) is 16.6. The predicted molar refractivity (Wildman–Crippen MR) is 120 cm³/mol. The smallest absolute Gasteiger partial charge is 0.294 e. The molecule has 0 radical (unpaired) electrons. The van der Waals surface area contributed by atoms with E-state index in [4.69, 9.17) is 9.47 Å². The van der Waals surface area contributed by atoms with Crippen LogP contribution in [0.25, 0.3) is 6.08 Å². The second kappa shape index (κ2) is 9.97. The van der Waals surface area contributed by atoms with Crippen LogP contribution in [0.15, 0.2) is 45.8 Å². The average Bonchev–Trinajstić information content (AvgIpc) is 2.98. The number of hydrogen-bond donors (Lipinski definition) is 1. The second-order valence-electron chi connectivity index (χ2n) is 6.29. The Hall–Kier alpha value is -2.85. The van der Waals surface area contributed by atoms with Crippen LogP contribution < -0.4 is 14.8 Å². The predicted octanol–water partition coefficient (Wildman–Crippen LogP) is 4.67. The van der Waals surface area contributed by atoms with Crippen molar-refractivity contribution in [1.29, 1.82) is 0 Å². The van der Waals surface area contributed by atoms with Gasteiger partial charge in [-0.1, -0.05) is 0 Å². The molecule has 0 atom stereocenters. The molecule has 7 nitrogen and oxygen atoms in total. The molecule has 1 aliphatic rings. The number of anilines is 1. The zero-order chi connectivity index (χ0) is 22.5. The van der Waals surface area contributed by atoms with Gasteiger partial charge < -0.3 is 14.8 Å². The molecule has 3 amide bonds. The van der Waals surface area contributed by atoms with E-state index in [0.29, 0.717) is 33.8 Å². The summed E-state index contributed by atoms with van der Waals surface area (Å²) < 4.78 is 24.5. The van der Waals surface area contributed by atoms with Gasteiger partial charge in [0.05, 0.1) is 23.1 Å². The summed E-state index contributed by atoms with van der Waals surface area (Å²) in [7, 11) is 1.50. The van der Waals surface area contributed by atoms with Crippen molar-refractivity contribution >= 4 is 56.5 Å². The molecule has 1 heterocycles. The molecular weight excluding hydrogens is 491 g/mol. The van der Waals surface area contributed by atoms with Gasteiger partial charge in [0.2, 0.25) is 5.91 Å². The summed E-state index contributed by atoms with van der Waals surface area (Å²) in [4.78, 5) is 38.2. The molecule has 31 heavy (non-hydrogen) atoms. The number of thioether (sulfide) groups is 1. The molecule has 0 spiro atoms.